The number of likely N-dealkylation sites (tertiary alicyclic amines) is 1. The Balaban J connectivity index is 1.07. The molecule has 4 aliphatic rings. The van der Waals surface area contributed by atoms with Gasteiger partial charge in [0.1, 0.15) is 6.04 Å². The van der Waals surface area contributed by atoms with Gasteiger partial charge in [-0.25, -0.2) is 0 Å². The fraction of sp³-hybridized carbons (Fsp3) is 0.500. The Hall–Kier alpha value is -4.06. The summed E-state index contributed by atoms with van der Waals surface area (Å²) < 4.78 is 7.43. The number of carbonyl (C=O) groups excluding carboxylic acids is 5. The van der Waals surface area contributed by atoms with Crippen LogP contribution in [0.1, 0.15) is 70.8 Å². The summed E-state index contributed by atoms with van der Waals surface area (Å²) in [5.41, 5.74) is 1.87. The lowest BCUT2D eigenvalue weighted by atomic mass is 9.98. The highest BCUT2D eigenvalue weighted by Gasteiger charge is 2.45. The first-order valence-corrected chi connectivity index (χ1v) is 13.9. The molecule has 0 bridgehead atoms. The number of nitrogens with one attached hydrogen (secondary N) is 2. The molecule has 0 radical (unpaired) electrons. The van der Waals surface area contributed by atoms with Crippen molar-refractivity contribution in [3.63, 3.8) is 0 Å². The fourth-order valence-electron chi connectivity index (χ4n) is 6.07. The van der Waals surface area contributed by atoms with Gasteiger partial charge in [0.15, 0.2) is 0 Å². The first-order valence-electron chi connectivity index (χ1n) is 13.9. The minimum Gasteiger partial charge on any atom is -0.381 e. The number of aromatic nitrogens is 2. The molecule has 2 atom stereocenters. The highest BCUT2D eigenvalue weighted by Crippen LogP contribution is 2.33. The van der Waals surface area contributed by atoms with Crippen molar-refractivity contribution in [3.05, 3.63) is 47.3 Å². The van der Waals surface area contributed by atoms with E-state index >= 15 is 0 Å². The number of nitrogens with zero attached hydrogens (tertiary/aromatic N) is 4. The number of anilines is 1. The van der Waals surface area contributed by atoms with Crippen LogP contribution in [-0.4, -0.2) is 81.5 Å². The molecule has 40 heavy (non-hydrogen) atoms. The summed E-state index contributed by atoms with van der Waals surface area (Å²) in [4.78, 5) is 66.0. The average Bonchev–Trinajstić information content (AvgIpc) is 3.55. The predicted molar refractivity (Wildman–Crippen MR) is 141 cm³/mol. The zero-order valence-corrected chi connectivity index (χ0v) is 22.1. The number of fused-ring (bicyclic) bond motifs is 1. The summed E-state index contributed by atoms with van der Waals surface area (Å²) in [6.45, 7) is 3.04. The van der Waals surface area contributed by atoms with Gasteiger partial charge in [-0.2, -0.15) is 5.10 Å². The van der Waals surface area contributed by atoms with Crippen LogP contribution >= 0.6 is 0 Å². The molecule has 1 aromatic heterocycles. The van der Waals surface area contributed by atoms with E-state index < -0.39 is 29.7 Å². The molecule has 210 valence electrons. The minimum atomic E-state index is -1.01. The molecule has 2 unspecified atom stereocenters. The van der Waals surface area contributed by atoms with E-state index in [0.717, 1.165) is 42.8 Å². The van der Waals surface area contributed by atoms with Gasteiger partial charge in [-0.3, -0.25) is 38.9 Å². The molecular formula is C28H32N6O6. The van der Waals surface area contributed by atoms with Crippen molar-refractivity contribution in [2.75, 3.05) is 31.6 Å². The monoisotopic (exact) mass is 548 g/mol. The van der Waals surface area contributed by atoms with Crippen LogP contribution in [-0.2, 0) is 25.7 Å². The van der Waals surface area contributed by atoms with E-state index in [9.17, 15) is 24.0 Å². The van der Waals surface area contributed by atoms with Gasteiger partial charge in [0, 0.05) is 50.1 Å². The van der Waals surface area contributed by atoms with E-state index in [-0.39, 0.29) is 41.8 Å². The fourth-order valence-corrected chi connectivity index (χ4v) is 6.07. The van der Waals surface area contributed by atoms with E-state index in [4.69, 9.17) is 4.74 Å². The standard InChI is InChI=1S/C28H32N6O6/c35-23-7-6-22(25(36)31-23)34-27(38)20-4-1-5-21(24(20)28(34)39)29-13-17-14-30-33(15-17)19-8-10-32(11-9-19)26(37)18-3-2-12-40-16-18/h1,4-5,14-15,18-19,22,29H,2-3,6-13,16H2,(H,31,35,36). The number of imide groups is 2. The van der Waals surface area contributed by atoms with Gasteiger partial charge < -0.3 is 15.0 Å². The Kier molecular flexibility index (Phi) is 7.09. The number of rotatable bonds is 6. The smallest absolute Gasteiger partial charge is 0.264 e. The summed E-state index contributed by atoms with van der Waals surface area (Å²) in [6, 6.07) is 4.19. The molecule has 2 N–H and O–H groups in total. The molecule has 0 saturated carbocycles. The van der Waals surface area contributed by atoms with Crippen molar-refractivity contribution >= 4 is 35.2 Å². The Morgan fingerprint density at radius 1 is 1.07 bits per heavy atom. The van der Waals surface area contributed by atoms with E-state index in [1.807, 2.05) is 15.8 Å². The zero-order chi connectivity index (χ0) is 27.8. The molecule has 3 fully saturated rings. The van der Waals surface area contributed by atoms with Crippen LogP contribution in [0.5, 0.6) is 0 Å². The van der Waals surface area contributed by atoms with Crippen LogP contribution in [0.4, 0.5) is 5.69 Å². The van der Waals surface area contributed by atoms with Gasteiger partial charge in [0.25, 0.3) is 11.8 Å². The van der Waals surface area contributed by atoms with E-state index in [1.54, 1.807) is 24.4 Å². The number of hydrogen-bond donors (Lipinski definition) is 2. The Bertz CT molecular complexity index is 1360. The third-order valence-electron chi connectivity index (χ3n) is 8.27. The molecule has 0 spiro atoms. The van der Waals surface area contributed by atoms with Crippen molar-refractivity contribution in [2.45, 2.75) is 57.2 Å². The van der Waals surface area contributed by atoms with Crippen molar-refractivity contribution < 1.29 is 28.7 Å². The Morgan fingerprint density at radius 3 is 2.65 bits per heavy atom. The number of benzene rings is 1. The van der Waals surface area contributed by atoms with Crippen molar-refractivity contribution in [3.8, 4) is 0 Å². The molecule has 3 saturated heterocycles. The van der Waals surface area contributed by atoms with Gasteiger partial charge in [-0.05, 0) is 44.2 Å². The van der Waals surface area contributed by atoms with Gasteiger partial charge in [-0.15, -0.1) is 0 Å². The lowest BCUT2D eigenvalue weighted by molar-refractivity contribution is -0.141. The maximum Gasteiger partial charge on any atom is 0.264 e. The quantitative estimate of drug-likeness (QED) is 0.517. The predicted octanol–water partition coefficient (Wildman–Crippen LogP) is 1.49. The largest absolute Gasteiger partial charge is 0.381 e. The summed E-state index contributed by atoms with van der Waals surface area (Å²) in [5.74, 6) is -1.95. The molecule has 4 aliphatic heterocycles. The lowest BCUT2D eigenvalue weighted by Crippen LogP contribution is -2.54. The molecule has 5 heterocycles. The molecular weight excluding hydrogens is 516 g/mol. The maximum atomic E-state index is 13.3. The molecule has 5 amide bonds. The number of amides is 5. The number of hydrogen-bond acceptors (Lipinski definition) is 8. The molecule has 12 nitrogen and oxygen atoms in total. The van der Waals surface area contributed by atoms with Crippen molar-refractivity contribution in [1.82, 2.24) is 24.9 Å². The van der Waals surface area contributed by atoms with Crippen LogP contribution in [0.25, 0.3) is 0 Å². The first kappa shape index (κ1) is 26.2. The number of carbonyl (C=O) groups is 5. The molecule has 0 aliphatic carbocycles. The van der Waals surface area contributed by atoms with Gasteiger partial charge in [0.2, 0.25) is 17.7 Å². The van der Waals surface area contributed by atoms with E-state index in [2.05, 4.69) is 15.7 Å². The second kappa shape index (κ2) is 10.8. The Labute approximate surface area is 231 Å². The van der Waals surface area contributed by atoms with Gasteiger partial charge in [0.05, 0.1) is 35.9 Å². The first-order chi connectivity index (χ1) is 19.4. The minimum absolute atomic E-state index is 0.0228. The topological polar surface area (TPSA) is 143 Å². The van der Waals surface area contributed by atoms with Crippen LogP contribution in [0.2, 0.25) is 0 Å². The SMILES string of the molecule is O=C1CCC(N2C(=O)c3cccc(NCc4cnn(C5CCN(C(=O)C6CCCOC6)CC5)c4)c3C2=O)C(=O)N1. The van der Waals surface area contributed by atoms with E-state index in [0.29, 0.717) is 31.9 Å². The summed E-state index contributed by atoms with van der Waals surface area (Å²) in [6.07, 6.45) is 7.41. The van der Waals surface area contributed by atoms with Crippen molar-refractivity contribution in [2.24, 2.45) is 5.92 Å². The highest BCUT2D eigenvalue weighted by molar-refractivity contribution is 6.25. The molecule has 6 rings (SSSR count). The molecule has 12 heteroatoms. The normalized spacial score (nSPS) is 23.8. The highest BCUT2D eigenvalue weighted by atomic mass is 16.5. The van der Waals surface area contributed by atoms with Crippen molar-refractivity contribution in [1.29, 1.82) is 0 Å². The average molecular weight is 549 g/mol. The number of ether oxygens (including phenoxy) is 1. The number of piperidine rings is 2. The van der Waals surface area contributed by atoms with Crippen LogP contribution in [0, 0.1) is 5.92 Å². The maximum absolute atomic E-state index is 13.3. The third kappa shape index (κ3) is 4.87. The molecule has 1 aromatic carbocycles. The van der Waals surface area contributed by atoms with Crippen LogP contribution in [0.3, 0.4) is 0 Å². The lowest BCUT2D eigenvalue weighted by Gasteiger charge is -2.35. The molecule has 2 aromatic rings. The summed E-state index contributed by atoms with van der Waals surface area (Å²) >= 11 is 0. The second-order valence-electron chi connectivity index (χ2n) is 10.8. The zero-order valence-electron chi connectivity index (χ0n) is 22.1. The summed E-state index contributed by atoms with van der Waals surface area (Å²) in [5, 5.41) is 10.0. The third-order valence-corrected chi connectivity index (χ3v) is 8.27. The van der Waals surface area contributed by atoms with Gasteiger partial charge >= 0.3 is 0 Å². The van der Waals surface area contributed by atoms with Crippen LogP contribution in [0.15, 0.2) is 30.6 Å². The summed E-state index contributed by atoms with van der Waals surface area (Å²) in [7, 11) is 0. The van der Waals surface area contributed by atoms with E-state index in [1.165, 1.54) is 0 Å². The van der Waals surface area contributed by atoms with Gasteiger partial charge in [-0.1, -0.05) is 6.07 Å². The Morgan fingerprint density at radius 2 is 1.90 bits per heavy atom. The second-order valence-corrected chi connectivity index (χ2v) is 10.8. The van der Waals surface area contributed by atoms with Crippen LogP contribution < -0.4 is 10.6 Å².